The van der Waals surface area contributed by atoms with Gasteiger partial charge in [0.2, 0.25) is 5.43 Å². The Labute approximate surface area is 201 Å². The van der Waals surface area contributed by atoms with E-state index in [4.69, 9.17) is 16.3 Å². The van der Waals surface area contributed by atoms with E-state index >= 15 is 0 Å². The normalized spacial score (nSPS) is 22.5. The molecule has 1 aromatic heterocycles. The highest BCUT2D eigenvalue weighted by molar-refractivity contribution is 6.30. The minimum atomic E-state index is -4.75. The van der Waals surface area contributed by atoms with E-state index in [1.165, 1.54) is 0 Å². The largest absolute Gasteiger partial charge is 0.416 e. The summed E-state index contributed by atoms with van der Waals surface area (Å²) in [7, 11) is 0. The summed E-state index contributed by atoms with van der Waals surface area (Å²) >= 11 is 5.84. The molecule has 0 bridgehead atoms. The second-order valence-corrected chi connectivity index (χ2v) is 8.48. The van der Waals surface area contributed by atoms with Crippen LogP contribution in [0.5, 0.6) is 0 Å². The van der Waals surface area contributed by atoms with Crippen LogP contribution in [-0.4, -0.2) is 50.7 Å². The molecule has 35 heavy (non-hydrogen) atoms. The van der Waals surface area contributed by atoms with Crippen LogP contribution in [0.4, 0.5) is 13.2 Å². The average Bonchev–Trinajstić information content (AvgIpc) is 3.11. The lowest BCUT2D eigenvalue weighted by Gasteiger charge is -2.22. The highest BCUT2D eigenvalue weighted by Gasteiger charge is 2.44. The summed E-state index contributed by atoms with van der Waals surface area (Å²) in [6, 6.07) is 8.89. The molecule has 8 nitrogen and oxygen atoms in total. The Bertz CT molecular complexity index is 1310. The molecular weight excluding hydrogens is 493 g/mol. The lowest BCUT2D eigenvalue weighted by Crippen LogP contribution is -2.34. The molecule has 4 atom stereocenters. The standard InChI is InChI=1S/C23H20ClF3N2O6/c24-13-4-1-11(2-5-13)8-28-21(34)15-9-29(22-20(33)19(32)17(10-30)35-22)16-6-3-12(23(25,26)27)7-14(16)18(15)31/h1-7,9,17,19-20,22,30,32-33H,8,10H2,(H,28,34)/t17-,19-,20-,22-/m1/s1. The fourth-order valence-corrected chi connectivity index (χ4v) is 4.02. The Balaban J connectivity index is 1.80. The Morgan fingerprint density at radius 2 is 1.80 bits per heavy atom. The molecule has 0 aliphatic carbocycles. The van der Waals surface area contributed by atoms with Gasteiger partial charge in [0.15, 0.2) is 6.23 Å². The summed E-state index contributed by atoms with van der Waals surface area (Å²) in [4.78, 5) is 26.0. The molecule has 12 heteroatoms. The fraction of sp³-hybridized carbons (Fsp3) is 0.304. The number of nitrogens with zero attached hydrogens (tertiary/aromatic N) is 1. The first-order chi connectivity index (χ1) is 16.5. The van der Waals surface area contributed by atoms with Crippen LogP contribution in [0.2, 0.25) is 5.02 Å². The molecule has 1 amide bonds. The van der Waals surface area contributed by atoms with Crippen molar-refractivity contribution in [3.63, 3.8) is 0 Å². The van der Waals surface area contributed by atoms with Gasteiger partial charge in [-0.25, -0.2) is 0 Å². The van der Waals surface area contributed by atoms with Gasteiger partial charge in [-0.05, 0) is 35.9 Å². The zero-order valence-corrected chi connectivity index (χ0v) is 18.6. The Morgan fingerprint density at radius 3 is 2.40 bits per heavy atom. The first-order valence-corrected chi connectivity index (χ1v) is 10.8. The molecule has 4 N–H and O–H groups in total. The SMILES string of the molecule is O=C(NCc1ccc(Cl)cc1)c1cn([C@@H]2O[C@H](CO)[C@@H](O)[C@H]2O)c2ccc(C(F)(F)F)cc2c1=O. The Hall–Kier alpha value is -2.96. The average molecular weight is 513 g/mol. The Morgan fingerprint density at radius 1 is 1.11 bits per heavy atom. The van der Waals surface area contributed by atoms with Gasteiger partial charge in [-0.15, -0.1) is 0 Å². The lowest BCUT2D eigenvalue weighted by atomic mass is 10.1. The predicted octanol–water partition coefficient (Wildman–Crippen LogP) is 2.22. The third kappa shape index (κ3) is 4.91. The molecule has 1 fully saturated rings. The van der Waals surface area contributed by atoms with Crippen LogP contribution in [-0.2, 0) is 17.5 Å². The number of fused-ring (bicyclic) bond motifs is 1. The number of carbonyl (C=O) groups excluding carboxylic acids is 1. The molecule has 2 heterocycles. The number of benzene rings is 2. The van der Waals surface area contributed by atoms with Crippen molar-refractivity contribution in [3.8, 4) is 0 Å². The molecule has 4 rings (SSSR count). The topological polar surface area (TPSA) is 121 Å². The van der Waals surface area contributed by atoms with Gasteiger partial charge in [0.25, 0.3) is 5.91 Å². The highest BCUT2D eigenvalue weighted by Crippen LogP contribution is 2.34. The van der Waals surface area contributed by atoms with Crippen molar-refractivity contribution in [1.82, 2.24) is 9.88 Å². The zero-order chi connectivity index (χ0) is 25.5. The van der Waals surface area contributed by atoms with E-state index < -0.39 is 65.2 Å². The second kappa shape index (κ2) is 9.59. The van der Waals surface area contributed by atoms with E-state index in [9.17, 15) is 38.1 Å². The number of amides is 1. The first-order valence-electron chi connectivity index (χ1n) is 10.4. The van der Waals surface area contributed by atoms with Gasteiger partial charge >= 0.3 is 6.18 Å². The molecule has 0 saturated carbocycles. The van der Waals surface area contributed by atoms with Crippen LogP contribution < -0.4 is 10.7 Å². The van der Waals surface area contributed by atoms with E-state index in [0.29, 0.717) is 16.7 Å². The first kappa shape index (κ1) is 25.1. The summed E-state index contributed by atoms with van der Waals surface area (Å²) < 4.78 is 46.6. The number of hydrogen-bond acceptors (Lipinski definition) is 6. The zero-order valence-electron chi connectivity index (χ0n) is 17.9. The van der Waals surface area contributed by atoms with Crippen LogP contribution in [0.25, 0.3) is 10.9 Å². The van der Waals surface area contributed by atoms with Gasteiger partial charge in [0.1, 0.15) is 23.9 Å². The number of ether oxygens (including phenoxy) is 1. The number of rotatable bonds is 5. The number of carbonyl (C=O) groups is 1. The lowest BCUT2D eigenvalue weighted by molar-refractivity contribution is -0.137. The van der Waals surface area contributed by atoms with Crippen molar-refractivity contribution in [2.45, 2.75) is 37.3 Å². The summed E-state index contributed by atoms with van der Waals surface area (Å²) in [5, 5.41) is 32.5. The third-order valence-corrected chi connectivity index (χ3v) is 6.01. The van der Waals surface area contributed by atoms with Crippen LogP contribution in [0.15, 0.2) is 53.5 Å². The van der Waals surface area contributed by atoms with Gasteiger partial charge < -0.3 is 29.9 Å². The van der Waals surface area contributed by atoms with Crippen molar-refractivity contribution < 1.29 is 38.0 Å². The van der Waals surface area contributed by atoms with Crippen LogP contribution >= 0.6 is 11.6 Å². The molecule has 0 radical (unpaired) electrons. The molecule has 186 valence electrons. The van der Waals surface area contributed by atoms with E-state index in [1.54, 1.807) is 24.3 Å². The molecule has 1 aliphatic heterocycles. The number of halogens is 4. The number of alkyl halides is 3. The number of aliphatic hydroxyl groups is 3. The molecular formula is C23H20ClF3N2O6. The van der Waals surface area contributed by atoms with Gasteiger partial charge in [0, 0.05) is 23.2 Å². The quantitative estimate of drug-likeness (QED) is 0.416. The van der Waals surface area contributed by atoms with Gasteiger partial charge in [-0.3, -0.25) is 9.59 Å². The fourth-order valence-electron chi connectivity index (χ4n) is 3.89. The summed E-state index contributed by atoms with van der Waals surface area (Å²) in [6.45, 7) is -0.635. The van der Waals surface area contributed by atoms with Crippen molar-refractivity contribution in [2.75, 3.05) is 6.61 Å². The third-order valence-electron chi connectivity index (χ3n) is 5.76. The van der Waals surface area contributed by atoms with Crippen LogP contribution in [0, 0.1) is 0 Å². The molecule has 1 aliphatic rings. The predicted molar refractivity (Wildman–Crippen MR) is 119 cm³/mol. The van der Waals surface area contributed by atoms with E-state index in [0.717, 1.165) is 22.9 Å². The second-order valence-electron chi connectivity index (χ2n) is 8.05. The highest BCUT2D eigenvalue weighted by atomic mass is 35.5. The van der Waals surface area contributed by atoms with E-state index in [2.05, 4.69) is 5.32 Å². The summed E-state index contributed by atoms with van der Waals surface area (Å²) in [5.74, 6) is -0.871. The number of nitrogens with one attached hydrogen (secondary N) is 1. The van der Waals surface area contributed by atoms with Crippen molar-refractivity contribution in [3.05, 3.63) is 80.6 Å². The van der Waals surface area contributed by atoms with Crippen molar-refractivity contribution in [1.29, 1.82) is 0 Å². The summed E-state index contributed by atoms with van der Waals surface area (Å²) in [5.41, 5.74) is -1.96. The minimum Gasteiger partial charge on any atom is -0.394 e. The monoisotopic (exact) mass is 512 g/mol. The maximum atomic E-state index is 13.3. The van der Waals surface area contributed by atoms with Gasteiger partial charge in [0.05, 0.1) is 17.7 Å². The number of aromatic nitrogens is 1. The molecule has 3 aromatic rings. The molecule has 1 saturated heterocycles. The number of hydrogen-bond donors (Lipinski definition) is 4. The van der Waals surface area contributed by atoms with Crippen LogP contribution in [0.1, 0.15) is 27.7 Å². The smallest absolute Gasteiger partial charge is 0.394 e. The maximum absolute atomic E-state index is 13.3. The van der Waals surface area contributed by atoms with Gasteiger partial charge in [-0.1, -0.05) is 23.7 Å². The summed E-state index contributed by atoms with van der Waals surface area (Å²) in [6.07, 6.45) is -9.36. The Kier molecular flexibility index (Phi) is 6.89. The molecule has 2 aromatic carbocycles. The number of aliphatic hydroxyl groups excluding tert-OH is 3. The molecule has 0 spiro atoms. The number of pyridine rings is 1. The van der Waals surface area contributed by atoms with Crippen LogP contribution in [0.3, 0.4) is 0 Å². The van der Waals surface area contributed by atoms with E-state index in [1.807, 2.05) is 0 Å². The van der Waals surface area contributed by atoms with Crippen molar-refractivity contribution >= 4 is 28.4 Å². The van der Waals surface area contributed by atoms with E-state index in [-0.39, 0.29) is 12.1 Å². The maximum Gasteiger partial charge on any atom is 0.416 e. The molecule has 0 unspecified atom stereocenters. The van der Waals surface area contributed by atoms with Crippen molar-refractivity contribution in [2.24, 2.45) is 0 Å². The van der Waals surface area contributed by atoms with Gasteiger partial charge in [-0.2, -0.15) is 13.2 Å². The minimum absolute atomic E-state index is 0.00389.